The van der Waals surface area contributed by atoms with Crippen LogP contribution in [0.4, 0.5) is 0 Å². The summed E-state index contributed by atoms with van der Waals surface area (Å²) < 4.78 is 38.0. The molecule has 94 valence electrons. The molecule has 0 saturated carbocycles. The Morgan fingerprint density at radius 2 is 1.89 bits per heavy atom. The van der Waals surface area contributed by atoms with E-state index in [1.54, 1.807) is 25.1 Å². The van der Waals surface area contributed by atoms with Gasteiger partial charge in [-0.3, -0.25) is 4.79 Å². The number of benzene rings is 1. The van der Waals surface area contributed by atoms with E-state index in [0.29, 0.717) is 5.56 Å². The number of ether oxygens (including phenoxy) is 1. The molecule has 0 fully saturated rings. The SMILES string of the molecule is CCOC(=O)CC(c1ccccc1)S(=O)(=O)[O-].[K+]. The van der Waals surface area contributed by atoms with Gasteiger partial charge in [0, 0.05) is 0 Å². The van der Waals surface area contributed by atoms with Gasteiger partial charge in [-0.2, -0.15) is 0 Å². The monoisotopic (exact) mass is 296 g/mol. The van der Waals surface area contributed by atoms with Crippen LogP contribution in [0.3, 0.4) is 0 Å². The quantitative estimate of drug-likeness (QED) is 0.365. The minimum Gasteiger partial charge on any atom is -0.747 e. The zero-order valence-electron chi connectivity index (χ0n) is 10.3. The van der Waals surface area contributed by atoms with Gasteiger partial charge in [0.25, 0.3) is 0 Å². The molecule has 0 aromatic heterocycles. The summed E-state index contributed by atoms with van der Waals surface area (Å²) in [6.07, 6.45) is -0.455. The molecule has 0 aliphatic heterocycles. The van der Waals surface area contributed by atoms with Crippen LogP contribution >= 0.6 is 0 Å². The molecule has 0 aliphatic rings. The van der Waals surface area contributed by atoms with Crippen LogP contribution in [0, 0.1) is 0 Å². The van der Waals surface area contributed by atoms with Gasteiger partial charge in [0.05, 0.1) is 18.3 Å². The molecule has 18 heavy (non-hydrogen) atoms. The zero-order chi connectivity index (χ0) is 12.9. The van der Waals surface area contributed by atoms with Gasteiger partial charge in [0.2, 0.25) is 0 Å². The Morgan fingerprint density at radius 3 is 2.33 bits per heavy atom. The molecule has 1 unspecified atom stereocenters. The second-order valence-electron chi connectivity index (χ2n) is 3.40. The van der Waals surface area contributed by atoms with Crippen molar-refractivity contribution < 1.29 is 73.9 Å². The smallest absolute Gasteiger partial charge is 0.747 e. The third-order valence-electron chi connectivity index (χ3n) is 2.18. The first-order valence-electron chi connectivity index (χ1n) is 5.10. The average molecular weight is 296 g/mol. The van der Waals surface area contributed by atoms with Crippen LogP contribution in [0.1, 0.15) is 24.2 Å². The first-order valence-corrected chi connectivity index (χ1v) is 6.57. The van der Waals surface area contributed by atoms with E-state index in [4.69, 9.17) is 0 Å². The normalized spacial score (nSPS) is 12.3. The molecule has 0 heterocycles. The van der Waals surface area contributed by atoms with Gasteiger partial charge >= 0.3 is 57.4 Å². The Hall–Kier alpha value is 0.236. The molecule has 0 aliphatic carbocycles. The number of hydrogen-bond acceptors (Lipinski definition) is 5. The Labute approximate surface area is 149 Å². The number of hydrogen-bond donors (Lipinski definition) is 0. The summed E-state index contributed by atoms with van der Waals surface area (Å²) in [6.45, 7) is 1.76. The summed E-state index contributed by atoms with van der Waals surface area (Å²) >= 11 is 0. The van der Waals surface area contributed by atoms with Gasteiger partial charge in [0.1, 0.15) is 10.1 Å². The van der Waals surface area contributed by atoms with Gasteiger partial charge in [0.15, 0.2) is 0 Å². The summed E-state index contributed by atoms with van der Waals surface area (Å²) in [6, 6.07) is 7.92. The molecular weight excluding hydrogens is 283 g/mol. The molecule has 0 amide bonds. The Bertz CT molecular complexity index is 471. The van der Waals surface area contributed by atoms with Crippen LogP contribution in [-0.4, -0.2) is 25.5 Å². The summed E-state index contributed by atoms with van der Waals surface area (Å²) in [5.41, 5.74) is 0.301. The van der Waals surface area contributed by atoms with Crippen LogP contribution < -0.4 is 51.4 Å². The van der Waals surface area contributed by atoms with Crippen LogP contribution in [0.15, 0.2) is 30.3 Å². The van der Waals surface area contributed by atoms with Gasteiger partial charge in [-0.15, -0.1) is 0 Å². The number of carbonyl (C=O) groups is 1. The average Bonchev–Trinajstić information content (AvgIpc) is 2.26. The van der Waals surface area contributed by atoms with E-state index in [1.165, 1.54) is 12.1 Å². The number of carbonyl (C=O) groups excluding carboxylic acids is 1. The third-order valence-corrected chi connectivity index (χ3v) is 3.31. The third kappa shape index (κ3) is 5.92. The van der Waals surface area contributed by atoms with Crippen molar-refractivity contribution in [2.45, 2.75) is 18.6 Å². The molecule has 1 aromatic carbocycles. The van der Waals surface area contributed by atoms with Crippen LogP contribution in [0.2, 0.25) is 0 Å². The van der Waals surface area contributed by atoms with Crippen molar-refractivity contribution in [2.75, 3.05) is 6.61 Å². The van der Waals surface area contributed by atoms with Crippen molar-refractivity contribution >= 4 is 16.1 Å². The molecule has 5 nitrogen and oxygen atoms in total. The first-order chi connectivity index (χ1) is 7.95. The second-order valence-corrected chi connectivity index (χ2v) is 4.96. The van der Waals surface area contributed by atoms with E-state index >= 15 is 0 Å². The zero-order valence-corrected chi connectivity index (χ0v) is 14.3. The van der Waals surface area contributed by atoms with E-state index in [-0.39, 0.29) is 58.0 Å². The topological polar surface area (TPSA) is 83.5 Å². The molecule has 7 heteroatoms. The van der Waals surface area contributed by atoms with Crippen LogP contribution in [0.5, 0.6) is 0 Å². The van der Waals surface area contributed by atoms with E-state index in [9.17, 15) is 17.8 Å². The fraction of sp³-hybridized carbons (Fsp3) is 0.364. The van der Waals surface area contributed by atoms with Crippen LogP contribution in [0.25, 0.3) is 0 Å². The molecular formula is C11H13KO5S. The summed E-state index contributed by atoms with van der Waals surface area (Å²) in [4.78, 5) is 11.2. The second kappa shape index (κ2) is 8.42. The number of rotatable bonds is 5. The van der Waals surface area contributed by atoms with Crippen LogP contribution in [-0.2, 0) is 19.6 Å². The maximum Gasteiger partial charge on any atom is 1.00 e. The van der Waals surface area contributed by atoms with Crippen molar-refractivity contribution in [3.05, 3.63) is 35.9 Å². The maximum atomic E-state index is 11.2. The first kappa shape index (κ1) is 18.2. The Balaban J connectivity index is 0.00000289. The van der Waals surface area contributed by atoms with Gasteiger partial charge in [-0.05, 0) is 12.5 Å². The molecule has 1 aromatic rings. The summed E-state index contributed by atoms with van der Waals surface area (Å²) in [5, 5.41) is -1.39. The standard InChI is InChI=1S/C11H14O5S.K/c1-2-16-11(12)8-10(17(13,14)15)9-6-4-3-5-7-9;/h3-7,10H,2,8H2,1H3,(H,13,14,15);/q;+1/p-1. The molecule has 0 saturated heterocycles. The predicted octanol–water partition coefficient (Wildman–Crippen LogP) is -1.77. The van der Waals surface area contributed by atoms with Gasteiger partial charge in [-0.25, -0.2) is 8.42 Å². The van der Waals surface area contributed by atoms with E-state index in [2.05, 4.69) is 4.74 Å². The molecule has 0 N–H and O–H groups in total. The van der Waals surface area contributed by atoms with Crippen molar-refractivity contribution in [3.63, 3.8) is 0 Å². The minimum atomic E-state index is -4.58. The van der Waals surface area contributed by atoms with Gasteiger partial charge in [-0.1, -0.05) is 30.3 Å². The molecule has 1 atom stereocenters. The maximum absolute atomic E-state index is 11.2. The molecule has 0 bridgehead atoms. The van der Waals surface area contributed by atoms with Gasteiger partial charge < -0.3 is 9.29 Å². The summed E-state index contributed by atoms with van der Waals surface area (Å²) in [7, 11) is -4.58. The largest absolute Gasteiger partial charge is 1.00 e. The number of esters is 1. The summed E-state index contributed by atoms with van der Waals surface area (Å²) in [5.74, 6) is -0.694. The van der Waals surface area contributed by atoms with Crippen molar-refractivity contribution in [3.8, 4) is 0 Å². The van der Waals surface area contributed by atoms with E-state index < -0.39 is 27.8 Å². The van der Waals surface area contributed by atoms with Crippen molar-refractivity contribution in [1.82, 2.24) is 0 Å². The minimum absolute atomic E-state index is 0. The molecule has 0 spiro atoms. The van der Waals surface area contributed by atoms with E-state index in [0.717, 1.165) is 0 Å². The Kier molecular flexibility index (Phi) is 8.53. The molecule has 0 radical (unpaired) electrons. The van der Waals surface area contributed by atoms with Crippen molar-refractivity contribution in [1.29, 1.82) is 0 Å². The fourth-order valence-corrected chi connectivity index (χ4v) is 2.26. The van der Waals surface area contributed by atoms with Crippen molar-refractivity contribution in [2.24, 2.45) is 0 Å². The predicted molar refractivity (Wildman–Crippen MR) is 60.1 cm³/mol. The van der Waals surface area contributed by atoms with E-state index in [1.807, 2.05) is 0 Å². The Morgan fingerprint density at radius 1 is 1.33 bits per heavy atom. The molecule has 1 rings (SSSR count). The fourth-order valence-electron chi connectivity index (χ4n) is 1.43.